The SMILES string of the molecule is Cc1c(C=O)ccc(C=O)c1F. The largest absolute Gasteiger partial charge is 0.298 e. The Labute approximate surface area is 69.0 Å². The Morgan fingerprint density at radius 3 is 2.17 bits per heavy atom. The van der Waals surface area contributed by atoms with Gasteiger partial charge in [-0.1, -0.05) is 6.07 Å². The second-order valence-corrected chi connectivity index (χ2v) is 2.42. The summed E-state index contributed by atoms with van der Waals surface area (Å²) in [5.41, 5.74) is 0.478. The predicted molar refractivity (Wildman–Crippen MR) is 41.9 cm³/mol. The molecule has 0 aromatic heterocycles. The average molecular weight is 166 g/mol. The summed E-state index contributed by atoms with van der Waals surface area (Å²) in [5, 5.41) is 0. The third-order valence-electron chi connectivity index (χ3n) is 1.71. The Morgan fingerprint density at radius 2 is 1.67 bits per heavy atom. The minimum atomic E-state index is -0.616. The smallest absolute Gasteiger partial charge is 0.153 e. The van der Waals surface area contributed by atoms with Crippen LogP contribution in [0.25, 0.3) is 0 Å². The molecule has 1 rings (SSSR count). The summed E-state index contributed by atoms with van der Waals surface area (Å²) in [6, 6.07) is 2.72. The van der Waals surface area contributed by atoms with Gasteiger partial charge in [-0.3, -0.25) is 9.59 Å². The molecular formula is C9H7FO2. The first-order chi connectivity index (χ1) is 5.70. The van der Waals surface area contributed by atoms with Crippen LogP contribution in [-0.4, -0.2) is 12.6 Å². The molecule has 0 aliphatic carbocycles. The van der Waals surface area contributed by atoms with Gasteiger partial charge >= 0.3 is 0 Å². The molecular weight excluding hydrogens is 159 g/mol. The fourth-order valence-electron chi connectivity index (χ4n) is 0.940. The number of benzene rings is 1. The van der Waals surface area contributed by atoms with Gasteiger partial charge < -0.3 is 0 Å². The lowest BCUT2D eigenvalue weighted by Crippen LogP contribution is -1.96. The van der Waals surface area contributed by atoms with Crippen molar-refractivity contribution in [1.82, 2.24) is 0 Å². The summed E-state index contributed by atoms with van der Waals surface area (Å²) in [5.74, 6) is -0.616. The lowest BCUT2D eigenvalue weighted by molar-refractivity contribution is 0.110. The van der Waals surface area contributed by atoms with Crippen LogP contribution in [0.1, 0.15) is 26.3 Å². The van der Waals surface area contributed by atoms with Crippen LogP contribution in [-0.2, 0) is 0 Å². The lowest BCUT2D eigenvalue weighted by Gasteiger charge is -2.01. The van der Waals surface area contributed by atoms with Crippen LogP contribution in [0.15, 0.2) is 12.1 Å². The molecule has 0 aliphatic heterocycles. The van der Waals surface area contributed by atoms with Crippen LogP contribution in [0.4, 0.5) is 4.39 Å². The quantitative estimate of drug-likeness (QED) is 0.627. The molecule has 0 heterocycles. The first-order valence-corrected chi connectivity index (χ1v) is 3.40. The Morgan fingerprint density at radius 1 is 1.17 bits per heavy atom. The zero-order valence-electron chi connectivity index (χ0n) is 6.50. The second kappa shape index (κ2) is 3.26. The molecule has 0 spiro atoms. The number of aldehydes is 2. The summed E-state index contributed by atoms with van der Waals surface area (Å²) >= 11 is 0. The molecule has 0 saturated carbocycles. The van der Waals surface area contributed by atoms with Crippen molar-refractivity contribution < 1.29 is 14.0 Å². The van der Waals surface area contributed by atoms with Gasteiger partial charge in [-0.2, -0.15) is 0 Å². The van der Waals surface area contributed by atoms with Gasteiger partial charge in [-0.25, -0.2) is 4.39 Å². The molecule has 0 atom stereocenters. The van der Waals surface area contributed by atoms with Crippen LogP contribution in [0.3, 0.4) is 0 Å². The molecule has 0 bridgehead atoms. The average Bonchev–Trinajstić information content (AvgIpc) is 2.10. The summed E-state index contributed by atoms with van der Waals surface area (Å²) in [6.07, 6.45) is 0.990. The van der Waals surface area contributed by atoms with Crippen LogP contribution >= 0.6 is 0 Å². The van der Waals surface area contributed by atoms with Crippen molar-refractivity contribution in [2.45, 2.75) is 6.92 Å². The van der Waals surface area contributed by atoms with E-state index in [9.17, 15) is 14.0 Å². The first kappa shape index (κ1) is 8.59. The highest BCUT2D eigenvalue weighted by molar-refractivity contribution is 5.82. The summed E-state index contributed by atoms with van der Waals surface area (Å²) in [6.45, 7) is 1.46. The van der Waals surface area contributed by atoms with Crippen LogP contribution < -0.4 is 0 Å². The van der Waals surface area contributed by atoms with E-state index < -0.39 is 5.82 Å². The van der Waals surface area contributed by atoms with E-state index in [0.29, 0.717) is 12.6 Å². The molecule has 3 heteroatoms. The molecule has 0 unspecified atom stereocenters. The zero-order chi connectivity index (χ0) is 9.14. The molecule has 2 nitrogen and oxygen atoms in total. The van der Waals surface area contributed by atoms with Gasteiger partial charge in [0.15, 0.2) is 6.29 Å². The topological polar surface area (TPSA) is 34.1 Å². The lowest BCUT2D eigenvalue weighted by atomic mass is 10.1. The van der Waals surface area contributed by atoms with Crippen molar-refractivity contribution >= 4 is 12.6 Å². The molecule has 0 N–H and O–H groups in total. The van der Waals surface area contributed by atoms with Gasteiger partial charge in [0.05, 0.1) is 5.56 Å². The number of hydrogen-bond donors (Lipinski definition) is 0. The van der Waals surface area contributed by atoms with Crippen molar-refractivity contribution in [3.05, 3.63) is 34.6 Å². The van der Waals surface area contributed by atoms with Gasteiger partial charge in [-0.05, 0) is 18.6 Å². The number of halogens is 1. The van der Waals surface area contributed by atoms with Gasteiger partial charge in [0.25, 0.3) is 0 Å². The summed E-state index contributed by atoms with van der Waals surface area (Å²) < 4.78 is 13.1. The highest BCUT2D eigenvalue weighted by Crippen LogP contribution is 2.13. The third kappa shape index (κ3) is 1.25. The van der Waals surface area contributed by atoms with E-state index in [1.165, 1.54) is 19.1 Å². The van der Waals surface area contributed by atoms with Crippen LogP contribution in [0, 0.1) is 12.7 Å². The highest BCUT2D eigenvalue weighted by atomic mass is 19.1. The van der Waals surface area contributed by atoms with E-state index in [-0.39, 0.29) is 16.7 Å². The Kier molecular flexibility index (Phi) is 2.33. The van der Waals surface area contributed by atoms with Crippen molar-refractivity contribution in [3.63, 3.8) is 0 Å². The van der Waals surface area contributed by atoms with Crippen LogP contribution in [0.5, 0.6) is 0 Å². The summed E-state index contributed by atoms with van der Waals surface area (Å²) in [7, 11) is 0. The molecule has 0 saturated heterocycles. The maximum absolute atomic E-state index is 13.1. The Bertz CT molecular complexity index is 299. The standard InChI is InChI=1S/C9H7FO2/c1-6-7(4-11)2-3-8(5-12)9(6)10/h2-5H,1H3. The maximum atomic E-state index is 13.1. The van der Waals surface area contributed by atoms with E-state index in [1.54, 1.807) is 0 Å². The van der Waals surface area contributed by atoms with Crippen LogP contribution in [0.2, 0.25) is 0 Å². The number of carbonyl (C=O) groups is 2. The predicted octanol–water partition coefficient (Wildman–Crippen LogP) is 1.76. The van der Waals surface area contributed by atoms with Crippen molar-refractivity contribution in [2.75, 3.05) is 0 Å². The van der Waals surface area contributed by atoms with Gasteiger partial charge in [0, 0.05) is 5.56 Å². The molecule has 62 valence electrons. The number of rotatable bonds is 2. The second-order valence-electron chi connectivity index (χ2n) is 2.42. The van der Waals surface area contributed by atoms with Crippen molar-refractivity contribution in [1.29, 1.82) is 0 Å². The van der Waals surface area contributed by atoms with E-state index >= 15 is 0 Å². The third-order valence-corrected chi connectivity index (χ3v) is 1.71. The molecule has 0 radical (unpaired) electrons. The van der Waals surface area contributed by atoms with Crippen molar-refractivity contribution in [3.8, 4) is 0 Å². The molecule has 12 heavy (non-hydrogen) atoms. The van der Waals surface area contributed by atoms with E-state index in [1.807, 2.05) is 0 Å². The zero-order valence-corrected chi connectivity index (χ0v) is 6.50. The minimum Gasteiger partial charge on any atom is -0.298 e. The molecule has 1 aromatic carbocycles. The van der Waals surface area contributed by atoms with E-state index in [2.05, 4.69) is 0 Å². The molecule has 0 amide bonds. The fourth-order valence-corrected chi connectivity index (χ4v) is 0.940. The highest BCUT2D eigenvalue weighted by Gasteiger charge is 2.07. The number of hydrogen-bond acceptors (Lipinski definition) is 2. The minimum absolute atomic E-state index is 0.0156. The Hall–Kier alpha value is -1.51. The summed E-state index contributed by atoms with van der Waals surface area (Å²) in [4.78, 5) is 20.6. The maximum Gasteiger partial charge on any atom is 0.153 e. The van der Waals surface area contributed by atoms with E-state index in [0.717, 1.165) is 0 Å². The molecule has 0 fully saturated rings. The molecule has 1 aromatic rings. The first-order valence-electron chi connectivity index (χ1n) is 3.40. The van der Waals surface area contributed by atoms with Gasteiger partial charge in [0.1, 0.15) is 12.1 Å². The fraction of sp³-hybridized carbons (Fsp3) is 0.111. The van der Waals surface area contributed by atoms with Crippen molar-refractivity contribution in [2.24, 2.45) is 0 Å². The van der Waals surface area contributed by atoms with Gasteiger partial charge in [-0.15, -0.1) is 0 Å². The number of carbonyl (C=O) groups excluding carboxylic acids is 2. The molecule has 0 aliphatic rings. The van der Waals surface area contributed by atoms with Gasteiger partial charge in [0.2, 0.25) is 0 Å². The Balaban J connectivity index is 3.38. The normalized spacial score (nSPS) is 9.50. The monoisotopic (exact) mass is 166 g/mol. The van der Waals surface area contributed by atoms with E-state index in [4.69, 9.17) is 0 Å².